The first kappa shape index (κ1) is 18.7. The lowest BCUT2D eigenvalue weighted by atomic mass is 10.2. The molecule has 0 atom stereocenters. The van der Waals surface area contributed by atoms with Crippen molar-refractivity contribution in [1.29, 1.82) is 5.26 Å². The molecule has 5 nitrogen and oxygen atoms in total. The van der Waals surface area contributed by atoms with Crippen molar-refractivity contribution in [2.24, 2.45) is 0 Å². The van der Waals surface area contributed by atoms with Gasteiger partial charge in [-0.2, -0.15) is 5.26 Å². The van der Waals surface area contributed by atoms with Gasteiger partial charge in [0.25, 0.3) is 0 Å². The van der Waals surface area contributed by atoms with Gasteiger partial charge in [-0.1, -0.05) is 29.3 Å². The molecule has 2 aromatic carbocycles. The minimum atomic E-state index is -0.317. The predicted molar refractivity (Wildman–Crippen MR) is 98.2 cm³/mol. The van der Waals surface area contributed by atoms with Gasteiger partial charge in [0, 0.05) is 11.8 Å². The Morgan fingerprint density at radius 3 is 2.68 bits per heavy atom. The van der Waals surface area contributed by atoms with Gasteiger partial charge in [0.05, 0.1) is 17.2 Å². The summed E-state index contributed by atoms with van der Waals surface area (Å²) in [5.74, 6) is 0.617. The number of halogens is 2. The van der Waals surface area contributed by atoms with Crippen LogP contribution in [0, 0.1) is 11.3 Å². The average molecular weight is 377 g/mol. The molecule has 0 saturated carbocycles. The maximum atomic E-state index is 12.0. The lowest BCUT2D eigenvalue weighted by molar-refractivity contribution is -0.111. The molecule has 2 rings (SSSR count). The highest BCUT2D eigenvalue weighted by molar-refractivity contribution is 6.42. The molecule has 0 heterocycles. The molecule has 1 amide bonds. The molecule has 0 aliphatic rings. The fraction of sp³-hybridized carbons (Fsp3) is 0.111. The van der Waals surface area contributed by atoms with Crippen LogP contribution in [0.15, 0.2) is 42.5 Å². The molecule has 0 spiro atoms. The van der Waals surface area contributed by atoms with Crippen LogP contribution in [0.2, 0.25) is 10.0 Å². The second-order valence-corrected chi connectivity index (χ2v) is 5.62. The molecule has 0 saturated heterocycles. The van der Waals surface area contributed by atoms with Gasteiger partial charge < -0.3 is 14.8 Å². The van der Waals surface area contributed by atoms with Crippen molar-refractivity contribution in [3.63, 3.8) is 0 Å². The molecular formula is C18H14Cl2N2O3. The summed E-state index contributed by atoms with van der Waals surface area (Å²) in [7, 11) is 1.50. The monoisotopic (exact) mass is 376 g/mol. The van der Waals surface area contributed by atoms with E-state index in [0.717, 1.165) is 5.56 Å². The van der Waals surface area contributed by atoms with E-state index in [0.29, 0.717) is 27.2 Å². The molecular weight excluding hydrogens is 363 g/mol. The molecule has 0 fully saturated rings. The number of ether oxygens (including phenoxy) is 2. The van der Waals surface area contributed by atoms with E-state index in [-0.39, 0.29) is 12.5 Å². The first-order chi connectivity index (χ1) is 12.0. The van der Waals surface area contributed by atoms with Crippen molar-refractivity contribution in [1.82, 2.24) is 0 Å². The van der Waals surface area contributed by atoms with Crippen LogP contribution in [0.5, 0.6) is 11.5 Å². The molecule has 0 aliphatic heterocycles. The van der Waals surface area contributed by atoms with E-state index in [1.54, 1.807) is 42.5 Å². The zero-order valence-corrected chi connectivity index (χ0v) is 14.8. The van der Waals surface area contributed by atoms with Gasteiger partial charge in [-0.3, -0.25) is 4.79 Å². The molecule has 7 heteroatoms. The SMILES string of the molecule is COc1cc(C=CC(=O)Nc2ccc(Cl)c(Cl)c2)ccc1OCC#N. The Morgan fingerprint density at radius 1 is 1.20 bits per heavy atom. The fourth-order valence-corrected chi connectivity index (χ4v) is 2.24. The highest BCUT2D eigenvalue weighted by Gasteiger charge is 2.05. The van der Waals surface area contributed by atoms with Crippen molar-refractivity contribution < 1.29 is 14.3 Å². The number of methoxy groups -OCH3 is 1. The molecule has 0 radical (unpaired) electrons. The van der Waals surface area contributed by atoms with Crippen molar-refractivity contribution in [2.45, 2.75) is 0 Å². The summed E-state index contributed by atoms with van der Waals surface area (Å²) < 4.78 is 10.5. The van der Waals surface area contributed by atoms with Crippen molar-refractivity contribution in [3.8, 4) is 17.6 Å². The normalized spacial score (nSPS) is 10.3. The quantitative estimate of drug-likeness (QED) is 0.750. The van der Waals surface area contributed by atoms with Crippen LogP contribution in [0.4, 0.5) is 5.69 Å². The van der Waals surface area contributed by atoms with Crippen LogP contribution in [-0.4, -0.2) is 19.6 Å². The van der Waals surface area contributed by atoms with Crippen LogP contribution in [0.3, 0.4) is 0 Å². The molecule has 0 unspecified atom stereocenters. The number of anilines is 1. The van der Waals surface area contributed by atoms with Gasteiger partial charge in [0.15, 0.2) is 18.1 Å². The maximum Gasteiger partial charge on any atom is 0.248 e. The van der Waals surface area contributed by atoms with E-state index in [1.807, 2.05) is 6.07 Å². The Balaban J connectivity index is 2.06. The van der Waals surface area contributed by atoms with E-state index in [2.05, 4.69) is 5.32 Å². The fourth-order valence-electron chi connectivity index (χ4n) is 1.95. The number of carbonyl (C=O) groups excluding carboxylic acids is 1. The molecule has 128 valence electrons. The molecule has 0 aromatic heterocycles. The molecule has 0 bridgehead atoms. The average Bonchev–Trinajstić information content (AvgIpc) is 2.61. The Kier molecular flexibility index (Phi) is 6.70. The number of nitriles is 1. The number of hydrogen-bond donors (Lipinski definition) is 1. The second-order valence-electron chi connectivity index (χ2n) is 4.81. The Hall–Kier alpha value is -2.68. The zero-order valence-electron chi connectivity index (χ0n) is 13.3. The summed E-state index contributed by atoms with van der Waals surface area (Å²) in [6, 6.07) is 11.8. The van der Waals surface area contributed by atoms with E-state index in [4.69, 9.17) is 37.9 Å². The summed E-state index contributed by atoms with van der Waals surface area (Å²) in [6.45, 7) is -0.0718. The maximum absolute atomic E-state index is 12.0. The Morgan fingerprint density at radius 2 is 2.00 bits per heavy atom. The van der Waals surface area contributed by atoms with Crippen molar-refractivity contribution in [3.05, 3.63) is 58.1 Å². The molecule has 25 heavy (non-hydrogen) atoms. The van der Waals surface area contributed by atoms with E-state index >= 15 is 0 Å². The third-order valence-electron chi connectivity index (χ3n) is 3.09. The summed E-state index contributed by atoms with van der Waals surface area (Å²) in [5.41, 5.74) is 1.28. The standard InChI is InChI=1S/C18H14Cl2N2O3/c1-24-17-10-12(2-6-16(17)25-9-8-21)3-7-18(23)22-13-4-5-14(19)15(20)11-13/h2-7,10-11H,9H2,1H3,(H,22,23). The Labute approximate surface area is 155 Å². The molecule has 2 aromatic rings. The van der Waals surface area contributed by atoms with E-state index < -0.39 is 0 Å². The van der Waals surface area contributed by atoms with Crippen LogP contribution < -0.4 is 14.8 Å². The topological polar surface area (TPSA) is 71.3 Å². The van der Waals surface area contributed by atoms with Crippen molar-refractivity contribution in [2.75, 3.05) is 19.0 Å². The number of carbonyl (C=O) groups is 1. The number of nitrogens with zero attached hydrogens (tertiary/aromatic N) is 1. The minimum Gasteiger partial charge on any atom is -0.493 e. The summed E-state index contributed by atoms with van der Waals surface area (Å²) in [4.78, 5) is 12.0. The van der Waals surface area contributed by atoms with Crippen LogP contribution >= 0.6 is 23.2 Å². The van der Waals surface area contributed by atoms with E-state index in [9.17, 15) is 4.79 Å². The first-order valence-corrected chi connectivity index (χ1v) is 7.91. The summed E-state index contributed by atoms with van der Waals surface area (Å²) >= 11 is 11.7. The summed E-state index contributed by atoms with van der Waals surface area (Å²) in [6.07, 6.45) is 3.01. The number of hydrogen-bond acceptors (Lipinski definition) is 4. The third kappa shape index (κ3) is 5.42. The number of rotatable bonds is 6. The first-order valence-electron chi connectivity index (χ1n) is 7.15. The van der Waals surface area contributed by atoms with Gasteiger partial charge in [-0.25, -0.2) is 0 Å². The third-order valence-corrected chi connectivity index (χ3v) is 3.83. The molecule has 1 N–H and O–H groups in total. The van der Waals surface area contributed by atoms with Crippen molar-refractivity contribution >= 4 is 40.9 Å². The van der Waals surface area contributed by atoms with Gasteiger partial charge in [0.2, 0.25) is 5.91 Å². The number of benzene rings is 2. The van der Waals surface area contributed by atoms with Crippen LogP contribution in [0.25, 0.3) is 6.08 Å². The van der Waals surface area contributed by atoms with Gasteiger partial charge >= 0.3 is 0 Å². The highest BCUT2D eigenvalue weighted by Crippen LogP contribution is 2.28. The zero-order chi connectivity index (χ0) is 18.2. The van der Waals surface area contributed by atoms with E-state index in [1.165, 1.54) is 13.2 Å². The number of amides is 1. The minimum absolute atomic E-state index is 0.0718. The van der Waals surface area contributed by atoms with Crippen LogP contribution in [-0.2, 0) is 4.79 Å². The van der Waals surface area contributed by atoms with Gasteiger partial charge in [-0.15, -0.1) is 0 Å². The predicted octanol–water partition coefficient (Wildman–Crippen LogP) is 4.56. The van der Waals surface area contributed by atoms with Crippen LogP contribution in [0.1, 0.15) is 5.56 Å². The highest BCUT2D eigenvalue weighted by atomic mass is 35.5. The molecule has 0 aliphatic carbocycles. The summed E-state index contributed by atoms with van der Waals surface area (Å²) in [5, 5.41) is 12.0. The Bertz CT molecular complexity index is 845. The lowest BCUT2D eigenvalue weighted by Gasteiger charge is -2.08. The smallest absolute Gasteiger partial charge is 0.248 e. The lowest BCUT2D eigenvalue weighted by Crippen LogP contribution is -2.07. The van der Waals surface area contributed by atoms with Gasteiger partial charge in [-0.05, 0) is 42.0 Å². The van der Waals surface area contributed by atoms with Gasteiger partial charge in [0.1, 0.15) is 6.07 Å². The number of nitrogens with one attached hydrogen (secondary N) is 1. The largest absolute Gasteiger partial charge is 0.493 e. The second kappa shape index (κ2) is 8.97.